The zero-order valence-electron chi connectivity index (χ0n) is 14.4. The third-order valence-electron chi connectivity index (χ3n) is 3.01. The van der Waals surface area contributed by atoms with Gasteiger partial charge in [-0.25, -0.2) is 0 Å². The maximum absolute atomic E-state index is 11.6. The smallest absolute Gasteiger partial charge is 0.158 e. The minimum atomic E-state index is -1.57. The largest absolute Gasteiger partial charge is 0.350 e. The van der Waals surface area contributed by atoms with Crippen molar-refractivity contribution in [1.29, 1.82) is 0 Å². The molecule has 0 saturated heterocycles. The highest BCUT2D eigenvalue weighted by Gasteiger charge is 2.34. The number of benzene rings is 1. The van der Waals surface area contributed by atoms with Crippen LogP contribution in [0, 0.1) is 0 Å². The van der Waals surface area contributed by atoms with Crippen LogP contribution in [0.3, 0.4) is 0 Å². The number of hydrazone groups is 1. The fourth-order valence-electron chi connectivity index (χ4n) is 2.49. The second-order valence-corrected chi connectivity index (χ2v) is 17.4. The Morgan fingerprint density at radius 2 is 1.48 bits per heavy atom. The van der Waals surface area contributed by atoms with E-state index in [-0.39, 0.29) is 5.78 Å². The molecular weight excluding hydrogens is 292 g/mol. The van der Waals surface area contributed by atoms with E-state index in [0.29, 0.717) is 6.42 Å². The molecule has 0 saturated carbocycles. The molecule has 3 nitrogen and oxygen atoms in total. The van der Waals surface area contributed by atoms with Gasteiger partial charge in [-0.05, 0) is 12.5 Å². The van der Waals surface area contributed by atoms with E-state index in [0.717, 1.165) is 11.3 Å². The maximum atomic E-state index is 11.6. The number of ketones is 1. The third kappa shape index (κ3) is 5.59. The number of carbonyl (C=O) groups is 1. The number of hydrogen-bond acceptors (Lipinski definition) is 3. The molecule has 0 bridgehead atoms. The summed E-state index contributed by atoms with van der Waals surface area (Å²) >= 11 is 0. The molecule has 1 aromatic rings. The lowest BCUT2D eigenvalue weighted by molar-refractivity contribution is -0.115. The van der Waals surface area contributed by atoms with Crippen LogP contribution >= 0.6 is 0 Å². The lowest BCUT2D eigenvalue weighted by atomic mass is 10.1. The first-order valence-corrected chi connectivity index (χ1v) is 14.3. The van der Waals surface area contributed by atoms with Crippen LogP contribution in [0.25, 0.3) is 0 Å². The topological polar surface area (TPSA) is 32.7 Å². The Morgan fingerprint density at radius 1 is 1.00 bits per heavy atom. The van der Waals surface area contributed by atoms with E-state index < -0.39 is 16.5 Å². The highest BCUT2D eigenvalue weighted by molar-refractivity contribution is 6.89. The van der Waals surface area contributed by atoms with Gasteiger partial charge in [0.15, 0.2) is 16.5 Å². The van der Waals surface area contributed by atoms with E-state index in [1.54, 1.807) is 6.92 Å². The van der Waals surface area contributed by atoms with Gasteiger partial charge in [0.1, 0.15) is 5.78 Å². The first-order chi connectivity index (χ1) is 9.51. The molecule has 0 spiro atoms. The fraction of sp³-hybridized carbons (Fsp3) is 0.500. The van der Waals surface area contributed by atoms with Crippen LogP contribution in [-0.2, 0) is 4.79 Å². The summed E-state index contributed by atoms with van der Waals surface area (Å²) in [5.74, 6) is 0.156. The van der Waals surface area contributed by atoms with E-state index >= 15 is 0 Å². The van der Waals surface area contributed by atoms with Crippen LogP contribution in [0.2, 0.25) is 39.3 Å². The van der Waals surface area contributed by atoms with Gasteiger partial charge in [-0.1, -0.05) is 69.6 Å². The molecule has 0 unspecified atom stereocenters. The molecule has 21 heavy (non-hydrogen) atoms. The molecule has 1 aromatic carbocycles. The van der Waals surface area contributed by atoms with E-state index in [4.69, 9.17) is 5.10 Å². The molecule has 0 atom stereocenters. The van der Waals surface area contributed by atoms with Crippen molar-refractivity contribution in [3.05, 3.63) is 35.9 Å². The van der Waals surface area contributed by atoms with Crippen molar-refractivity contribution < 1.29 is 4.79 Å². The van der Waals surface area contributed by atoms with Gasteiger partial charge in [-0.15, -0.1) is 0 Å². The van der Waals surface area contributed by atoms with Gasteiger partial charge in [-0.3, -0.25) is 4.79 Å². The normalized spacial score (nSPS) is 13.2. The van der Waals surface area contributed by atoms with Crippen molar-refractivity contribution in [2.24, 2.45) is 5.10 Å². The fourth-order valence-corrected chi connectivity index (χ4v) is 11.4. The second kappa shape index (κ2) is 6.70. The Hall–Kier alpha value is -1.21. The summed E-state index contributed by atoms with van der Waals surface area (Å²) in [6, 6.07) is 10.1. The molecule has 0 N–H and O–H groups in total. The lowest BCUT2D eigenvalue weighted by Gasteiger charge is -2.42. The summed E-state index contributed by atoms with van der Waals surface area (Å²) in [7, 11) is -3.15. The molecule has 0 aliphatic heterocycles. The Labute approximate surface area is 131 Å². The summed E-state index contributed by atoms with van der Waals surface area (Å²) in [6.45, 7) is 15.5. The average molecular weight is 321 g/mol. The van der Waals surface area contributed by atoms with E-state index in [2.05, 4.69) is 43.6 Å². The van der Waals surface area contributed by atoms with Crippen molar-refractivity contribution >= 4 is 28.0 Å². The molecule has 1 rings (SSSR count). The van der Waals surface area contributed by atoms with Gasteiger partial charge in [0.05, 0.1) is 12.1 Å². The van der Waals surface area contributed by atoms with Gasteiger partial charge >= 0.3 is 0 Å². The average Bonchev–Trinajstić information content (AvgIpc) is 2.32. The van der Waals surface area contributed by atoms with Crippen molar-refractivity contribution in [3.8, 4) is 0 Å². The molecule has 0 aliphatic carbocycles. The van der Waals surface area contributed by atoms with E-state index in [1.165, 1.54) is 0 Å². The second-order valence-electron chi connectivity index (χ2n) is 7.44. The highest BCUT2D eigenvalue weighted by Crippen LogP contribution is 2.21. The number of carbonyl (C=O) groups excluding carboxylic acids is 1. The Bertz CT molecular complexity index is 499. The van der Waals surface area contributed by atoms with Crippen LogP contribution in [0.5, 0.6) is 0 Å². The van der Waals surface area contributed by atoms with Gasteiger partial charge in [0.25, 0.3) is 0 Å². The Morgan fingerprint density at radius 3 is 1.86 bits per heavy atom. The van der Waals surface area contributed by atoms with Crippen LogP contribution in [0.15, 0.2) is 35.4 Å². The van der Waals surface area contributed by atoms with Gasteiger partial charge in [0, 0.05) is 0 Å². The third-order valence-corrected chi connectivity index (χ3v) is 9.78. The predicted molar refractivity (Wildman–Crippen MR) is 96.8 cm³/mol. The Kier molecular flexibility index (Phi) is 5.70. The van der Waals surface area contributed by atoms with Crippen LogP contribution in [-0.4, -0.2) is 32.3 Å². The monoisotopic (exact) mass is 320 g/mol. The first-order valence-electron chi connectivity index (χ1n) is 7.44. The van der Waals surface area contributed by atoms with Gasteiger partial charge in [-0.2, -0.15) is 5.10 Å². The zero-order valence-corrected chi connectivity index (χ0v) is 16.4. The minimum Gasteiger partial charge on any atom is -0.350 e. The van der Waals surface area contributed by atoms with E-state index in [1.807, 2.05) is 30.3 Å². The molecule has 5 heteroatoms. The molecule has 0 radical (unpaired) electrons. The van der Waals surface area contributed by atoms with Gasteiger partial charge in [0.2, 0.25) is 0 Å². The summed E-state index contributed by atoms with van der Waals surface area (Å²) in [6.07, 6.45) is 0.398. The lowest BCUT2D eigenvalue weighted by Crippen LogP contribution is -2.56. The van der Waals surface area contributed by atoms with Crippen molar-refractivity contribution in [3.63, 3.8) is 0 Å². The van der Waals surface area contributed by atoms with E-state index in [9.17, 15) is 4.79 Å². The van der Waals surface area contributed by atoms with Crippen molar-refractivity contribution in [2.75, 3.05) is 0 Å². The number of Topliss-reactive ketones (excluding diaryl/α,β-unsaturated/α-hetero) is 1. The SMILES string of the molecule is CC(=O)CC(=NN([Si](C)(C)C)[Si](C)(C)C)c1ccccc1. The number of rotatable bonds is 6. The molecule has 0 amide bonds. The van der Waals surface area contributed by atoms with Gasteiger partial charge < -0.3 is 4.34 Å². The molecule has 0 aromatic heterocycles. The highest BCUT2D eigenvalue weighted by atomic mass is 28.4. The van der Waals surface area contributed by atoms with Crippen LogP contribution in [0.4, 0.5) is 0 Å². The molecule has 0 heterocycles. The maximum Gasteiger partial charge on any atom is 0.158 e. The molecular formula is C16H28N2OSi2. The molecule has 0 aliphatic rings. The predicted octanol–water partition coefficient (Wildman–Crippen LogP) is 4.34. The standard InChI is InChI=1S/C16H28N2OSi2/c1-14(19)13-16(15-11-9-8-10-12-15)17-18(20(2,3)4)21(5,6)7/h8-12H,13H2,1-7H3. The molecule has 116 valence electrons. The molecule has 0 fully saturated rings. The summed E-state index contributed by atoms with van der Waals surface area (Å²) in [4.78, 5) is 11.6. The summed E-state index contributed by atoms with van der Waals surface area (Å²) < 4.78 is 2.37. The Balaban J connectivity index is 3.32. The first kappa shape index (κ1) is 17.8. The zero-order chi connectivity index (χ0) is 16.3. The summed E-state index contributed by atoms with van der Waals surface area (Å²) in [5.41, 5.74) is 1.95. The summed E-state index contributed by atoms with van der Waals surface area (Å²) in [5, 5.41) is 4.98. The minimum absolute atomic E-state index is 0.156. The van der Waals surface area contributed by atoms with Crippen molar-refractivity contribution in [1.82, 2.24) is 4.34 Å². The van der Waals surface area contributed by atoms with Crippen molar-refractivity contribution in [2.45, 2.75) is 52.6 Å². The number of nitrogens with zero attached hydrogens (tertiary/aromatic N) is 2. The quantitative estimate of drug-likeness (QED) is 0.444. The van der Waals surface area contributed by atoms with Crippen LogP contribution in [0.1, 0.15) is 18.9 Å². The number of hydrogen-bond donors (Lipinski definition) is 0. The van der Waals surface area contributed by atoms with Crippen LogP contribution < -0.4 is 0 Å².